The van der Waals surface area contributed by atoms with Crippen LogP contribution < -0.4 is 11.1 Å². The molecule has 2 rings (SSSR count). The molecule has 0 aromatic carbocycles. The molecule has 0 aliphatic carbocycles. The summed E-state index contributed by atoms with van der Waals surface area (Å²) in [4.78, 5) is 12.4. The number of carbonyl (C=O) groups is 1. The van der Waals surface area contributed by atoms with Crippen molar-refractivity contribution in [3.8, 4) is 0 Å². The second kappa shape index (κ2) is 5.03. The molecule has 1 amide bonds. The summed E-state index contributed by atoms with van der Waals surface area (Å²) < 4.78 is 3.62. The highest BCUT2D eigenvalue weighted by Crippen LogP contribution is 2.22. The highest BCUT2D eigenvalue weighted by Gasteiger charge is 2.18. The third-order valence-electron chi connectivity index (χ3n) is 3.41. The number of nitrogens with one attached hydrogen (secondary N) is 1. The van der Waals surface area contributed by atoms with Gasteiger partial charge in [-0.1, -0.05) is 0 Å². The van der Waals surface area contributed by atoms with E-state index in [1.807, 2.05) is 39.3 Å². The van der Waals surface area contributed by atoms with Gasteiger partial charge >= 0.3 is 0 Å². The number of anilines is 2. The number of hydrogen-bond donors (Lipinski definition) is 2. The first-order valence-electron chi connectivity index (χ1n) is 6.60. The van der Waals surface area contributed by atoms with Gasteiger partial charge in [0.1, 0.15) is 5.69 Å². The monoisotopic (exact) mass is 275 g/mol. The molecule has 2 aromatic heterocycles. The molecule has 108 valence electrons. The normalized spacial score (nSPS) is 11.1. The fourth-order valence-electron chi connectivity index (χ4n) is 2.24. The molecule has 0 unspecified atom stereocenters. The van der Waals surface area contributed by atoms with Crippen LogP contribution in [-0.4, -0.2) is 20.3 Å². The predicted molar refractivity (Wildman–Crippen MR) is 79.9 cm³/mol. The van der Waals surface area contributed by atoms with E-state index in [9.17, 15) is 4.79 Å². The molecule has 2 aromatic rings. The lowest BCUT2D eigenvalue weighted by molar-refractivity contribution is 0.101. The van der Waals surface area contributed by atoms with Crippen LogP contribution in [0, 0.1) is 13.8 Å². The fraction of sp³-hybridized carbons (Fsp3) is 0.429. The molecular formula is C14H21N5O. The van der Waals surface area contributed by atoms with Crippen molar-refractivity contribution < 1.29 is 4.79 Å². The Labute approximate surface area is 118 Å². The van der Waals surface area contributed by atoms with Crippen LogP contribution in [0.15, 0.2) is 12.3 Å². The molecule has 0 bridgehead atoms. The first-order chi connectivity index (χ1) is 9.31. The zero-order chi connectivity index (χ0) is 15.0. The van der Waals surface area contributed by atoms with Crippen LogP contribution in [0.3, 0.4) is 0 Å². The average Bonchev–Trinajstić information content (AvgIpc) is 2.85. The van der Waals surface area contributed by atoms with Gasteiger partial charge in [-0.25, -0.2) is 0 Å². The van der Waals surface area contributed by atoms with Crippen LogP contribution in [0.2, 0.25) is 0 Å². The number of nitrogens with two attached hydrogens (primary N) is 1. The zero-order valence-electron chi connectivity index (χ0n) is 12.6. The van der Waals surface area contributed by atoms with Crippen molar-refractivity contribution in [3.63, 3.8) is 0 Å². The number of rotatable bonds is 3. The van der Waals surface area contributed by atoms with Crippen molar-refractivity contribution in [2.24, 2.45) is 7.05 Å². The average molecular weight is 275 g/mol. The van der Waals surface area contributed by atoms with E-state index in [2.05, 4.69) is 10.4 Å². The van der Waals surface area contributed by atoms with E-state index in [-0.39, 0.29) is 11.9 Å². The molecule has 6 nitrogen and oxygen atoms in total. The van der Waals surface area contributed by atoms with Gasteiger partial charge in [0.2, 0.25) is 0 Å². The molecule has 0 spiro atoms. The van der Waals surface area contributed by atoms with Gasteiger partial charge in [-0.05, 0) is 33.8 Å². The standard InChI is InChI=1S/C14H21N5O/c1-8(2)19-7-11(15)6-12(19)14(20)16-13-9(3)17-18(5)10(13)4/h6-8H,15H2,1-5H3,(H,16,20). The lowest BCUT2D eigenvalue weighted by Crippen LogP contribution is -2.18. The van der Waals surface area contributed by atoms with Crippen molar-refractivity contribution >= 4 is 17.3 Å². The van der Waals surface area contributed by atoms with Crippen molar-refractivity contribution in [2.75, 3.05) is 11.1 Å². The summed E-state index contributed by atoms with van der Waals surface area (Å²) >= 11 is 0. The van der Waals surface area contributed by atoms with Gasteiger partial charge in [-0.15, -0.1) is 0 Å². The molecule has 0 aliphatic heterocycles. The number of aromatic nitrogens is 3. The van der Waals surface area contributed by atoms with Gasteiger partial charge in [0.15, 0.2) is 0 Å². The van der Waals surface area contributed by atoms with Crippen molar-refractivity contribution in [1.82, 2.24) is 14.3 Å². The third kappa shape index (κ3) is 2.41. The molecule has 0 radical (unpaired) electrons. The summed E-state index contributed by atoms with van der Waals surface area (Å²) in [5.74, 6) is -0.172. The number of nitrogen functional groups attached to an aromatic ring is 1. The van der Waals surface area contributed by atoms with E-state index in [4.69, 9.17) is 5.73 Å². The Morgan fingerprint density at radius 3 is 2.55 bits per heavy atom. The van der Waals surface area contributed by atoms with Crippen molar-refractivity contribution in [2.45, 2.75) is 33.7 Å². The molecule has 0 saturated carbocycles. The number of nitrogens with zero attached hydrogens (tertiary/aromatic N) is 3. The smallest absolute Gasteiger partial charge is 0.272 e. The molecule has 0 atom stereocenters. The quantitative estimate of drug-likeness (QED) is 0.901. The molecule has 6 heteroatoms. The molecule has 0 fully saturated rings. The fourth-order valence-corrected chi connectivity index (χ4v) is 2.24. The Bertz CT molecular complexity index is 651. The van der Waals surface area contributed by atoms with E-state index >= 15 is 0 Å². The van der Waals surface area contributed by atoms with E-state index < -0.39 is 0 Å². The molecule has 0 aliphatic rings. The maximum Gasteiger partial charge on any atom is 0.272 e. The second-order valence-corrected chi connectivity index (χ2v) is 5.28. The Morgan fingerprint density at radius 1 is 1.40 bits per heavy atom. The molecule has 2 heterocycles. The topological polar surface area (TPSA) is 77.9 Å². The van der Waals surface area contributed by atoms with E-state index in [1.165, 1.54) is 0 Å². The van der Waals surface area contributed by atoms with Crippen LogP contribution in [0.4, 0.5) is 11.4 Å². The van der Waals surface area contributed by atoms with Crippen LogP contribution >= 0.6 is 0 Å². The molecule has 3 N–H and O–H groups in total. The number of hydrogen-bond acceptors (Lipinski definition) is 3. The van der Waals surface area contributed by atoms with E-state index in [1.54, 1.807) is 16.9 Å². The molecular weight excluding hydrogens is 254 g/mol. The first-order valence-corrected chi connectivity index (χ1v) is 6.60. The minimum atomic E-state index is -0.172. The third-order valence-corrected chi connectivity index (χ3v) is 3.41. The number of carbonyl (C=O) groups excluding carboxylic acids is 1. The largest absolute Gasteiger partial charge is 0.397 e. The summed E-state index contributed by atoms with van der Waals surface area (Å²) in [5, 5.41) is 7.22. The van der Waals surface area contributed by atoms with Crippen molar-refractivity contribution in [3.05, 3.63) is 29.3 Å². The molecule has 20 heavy (non-hydrogen) atoms. The maximum absolute atomic E-state index is 12.4. The first kappa shape index (κ1) is 14.2. The predicted octanol–water partition coefficient (Wildman–Crippen LogP) is 2.25. The highest BCUT2D eigenvalue weighted by atomic mass is 16.2. The van der Waals surface area contributed by atoms with Crippen LogP contribution in [0.1, 0.15) is 41.8 Å². The summed E-state index contributed by atoms with van der Waals surface area (Å²) in [7, 11) is 1.85. The Morgan fingerprint density at radius 2 is 2.05 bits per heavy atom. The van der Waals surface area contributed by atoms with Crippen LogP contribution in [-0.2, 0) is 7.05 Å². The van der Waals surface area contributed by atoms with Gasteiger partial charge in [0.05, 0.1) is 22.8 Å². The van der Waals surface area contributed by atoms with Crippen LogP contribution in [0.5, 0.6) is 0 Å². The maximum atomic E-state index is 12.4. The van der Waals surface area contributed by atoms with Crippen molar-refractivity contribution in [1.29, 1.82) is 0 Å². The Hall–Kier alpha value is -2.24. The van der Waals surface area contributed by atoms with Crippen LogP contribution in [0.25, 0.3) is 0 Å². The van der Waals surface area contributed by atoms with E-state index in [0.717, 1.165) is 17.1 Å². The minimum Gasteiger partial charge on any atom is -0.397 e. The second-order valence-electron chi connectivity index (χ2n) is 5.28. The highest BCUT2D eigenvalue weighted by molar-refractivity contribution is 6.04. The Kier molecular flexibility index (Phi) is 3.57. The van der Waals surface area contributed by atoms with Gasteiger partial charge in [0.25, 0.3) is 5.91 Å². The number of aryl methyl sites for hydroxylation is 2. The van der Waals surface area contributed by atoms with Gasteiger partial charge < -0.3 is 15.6 Å². The Balaban J connectivity index is 2.33. The van der Waals surface area contributed by atoms with Gasteiger partial charge in [-0.2, -0.15) is 5.10 Å². The summed E-state index contributed by atoms with van der Waals surface area (Å²) in [6.45, 7) is 7.82. The van der Waals surface area contributed by atoms with E-state index in [0.29, 0.717) is 11.4 Å². The molecule has 0 saturated heterocycles. The number of amides is 1. The minimum absolute atomic E-state index is 0.171. The summed E-state index contributed by atoms with van der Waals surface area (Å²) in [5.41, 5.74) is 9.42. The zero-order valence-corrected chi connectivity index (χ0v) is 12.6. The summed E-state index contributed by atoms with van der Waals surface area (Å²) in [6, 6.07) is 1.86. The SMILES string of the molecule is Cc1nn(C)c(C)c1NC(=O)c1cc(N)cn1C(C)C. The lowest BCUT2D eigenvalue weighted by atomic mass is 10.3. The van der Waals surface area contributed by atoms with Gasteiger partial charge in [-0.3, -0.25) is 9.48 Å². The summed E-state index contributed by atoms with van der Waals surface area (Å²) in [6.07, 6.45) is 1.78. The van der Waals surface area contributed by atoms with Gasteiger partial charge in [0, 0.05) is 19.3 Å². The lowest BCUT2D eigenvalue weighted by Gasteiger charge is -2.12.